The van der Waals surface area contributed by atoms with Gasteiger partial charge < -0.3 is 10.2 Å². The molecule has 0 saturated carbocycles. The van der Waals surface area contributed by atoms with Gasteiger partial charge in [-0.1, -0.05) is 49.4 Å². The predicted octanol–water partition coefficient (Wildman–Crippen LogP) is 2.89. The van der Waals surface area contributed by atoms with Crippen LogP contribution in [0.2, 0.25) is 0 Å². The van der Waals surface area contributed by atoms with E-state index >= 15 is 0 Å². The van der Waals surface area contributed by atoms with Crippen LogP contribution in [0.1, 0.15) is 30.0 Å². The van der Waals surface area contributed by atoms with Crippen LogP contribution >= 0.6 is 0 Å². The van der Waals surface area contributed by atoms with E-state index in [1.54, 1.807) is 4.90 Å². The molecule has 2 amide bonds. The van der Waals surface area contributed by atoms with Crippen LogP contribution in [0.25, 0.3) is 0 Å². The summed E-state index contributed by atoms with van der Waals surface area (Å²) in [5.74, 6) is 0.131. The first-order chi connectivity index (χ1) is 12.2. The monoisotopic (exact) mass is 336 g/mol. The first kappa shape index (κ1) is 17.2. The number of nitrogens with one attached hydrogen (secondary N) is 1. The van der Waals surface area contributed by atoms with E-state index in [1.165, 1.54) is 11.1 Å². The van der Waals surface area contributed by atoms with Gasteiger partial charge in [-0.05, 0) is 35.6 Å². The van der Waals surface area contributed by atoms with Crippen molar-refractivity contribution in [2.45, 2.75) is 32.6 Å². The van der Waals surface area contributed by atoms with Crippen LogP contribution in [0.3, 0.4) is 0 Å². The number of fused-ring (bicyclic) bond motifs is 1. The zero-order valence-electron chi connectivity index (χ0n) is 14.6. The summed E-state index contributed by atoms with van der Waals surface area (Å²) in [7, 11) is 0. The van der Waals surface area contributed by atoms with Crippen LogP contribution < -0.4 is 10.2 Å². The molecule has 1 N–H and O–H groups in total. The lowest BCUT2D eigenvalue weighted by atomic mass is 10.1. The third-order valence-electron chi connectivity index (χ3n) is 4.65. The Labute approximate surface area is 148 Å². The summed E-state index contributed by atoms with van der Waals surface area (Å²) in [4.78, 5) is 25.9. The summed E-state index contributed by atoms with van der Waals surface area (Å²) in [6.07, 6.45) is 2.69. The second-order valence-electron chi connectivity index (χ2n) is 6.37. The summed E-state index contributed by atoms with van der Waals surface area (Å²) < 4.78 is 0. The molecule has 0 saturated heterocycles. The molecule has 0 aliphatic carbocycles. The Bertz CT molecular complexity index is 753. The van der Waals surface area contributed by atoms with Crippen molar-refractivity contribution in [3.05, 3.63) is 65.2 Å². The van der Waals surface area contributed by atoms with Crippen LogP contribution in [0.5, 0.6) is 0 Å². The molecule has 2 aromatic rings. The highest BCUT2D eigenvalue weighted by molar-refractivity contribution is 6.01. The molecule has 4 heteroatoms. The van der Waals surface area contributed by atoms with Gasteiger partial charge >= 0.3 is 0 Å². The average molecular weight is 336 g/mol. The van der Waals surface area contributed by atoms with Crippen molar-refractivity contribution < 1.29 is 9.59 Å². The molecule has 130 valence electrons. The van der Waals surface area contributed by atoms with E-state index in [4.69, 9.17) is 0 Å². The molecule has 3 rings (SSSR count). The maximum Gasteiger partial charge on any atom is 0.231 e. The van der Waals surface area contributed by atoms with Gasteiger partial charge in [-0.3, -0.25) is 9.59 Å². The molecule has 4 nitrogen and oxygen atoms in total. The lowest BCUT2D eigenvalue weighted by Crippen LogP contribution is -2.36. The number of amides is 2. The van der Waals surface area contributed by atoms with E-state index in [1.807, 2.05) is 24.3 Å². The van der Waals surface area contributed by atoms with Gasteiger partial charge in [0.1, 0.15) is 0 Å². The van der Waals surface area contributed by atoms with Crippen molar-refractivity contribution in [1.29, 1.82) is 0 Å². The number of hydrogen-bond acceptors (Lipinski definition) is 2. The highest BCUT2D eigenvalue weighted by atomic mass is 16.2. The van der Waals surface area contributed by atoms with E-state index in [0.717, 1.165) is 24.1 Å². The summed E-state index contributed by atoms with van der Waals surface area (Å²) in [5.41, 5.74) is 4.52. The quantitative estimate of drug-likeness (QED) is 0.845. The van der Waals surface area contributed by atoms with Gasteiger partial charge in [0, 0.05) is 25.2 Å². The molecule has 1 aliphatic heterocycles. The lowest BCUT2D eigenvalue weighted by Gasteiger charge is -2.17. The fraction of sp³-hybridized carbons (Fsp3) is 0.333. The molecule has 25 heavy (non-hydrogen) atoms. The summed E-state index contributed by atoms with van der Waals surface area (Å²) in [6.45, 7) is 3.13. The number of benzene rings is 2. The fourth-order valence-electron chi connectivity index (χ4n) is 3.16. The minimum absolute atomic E-state index is 0.0273. The highest BCUT2D eigenvalue weighted by Crippen LogP contribution is 2.27. The van der Waals surface area contributed by atoms with Crippen molar-refractivity contribution >= 4 is 17.5 Å². The summed E-state index contributed by atoms with van der Waals surface area (Å²) >= 11 is 0. The topological polar surface area (TPSA) is 49.4 Å². The zero-order chi connectivity index (χ0) is 17.6. The standard InChI is InChI=1S/C21H24N2O2/c1-2-16-7-9-17(10-8-16)11-12-20(24)22-13-14-23-19-6-4-3-5-18(19)15-21(23)25/h3-10H,2,11-15H2,1H3,(H,22,24). The van der Waals surface area contributed by atoms with Crippen molar-refractivity contribution in [3.8, 4) is 0 Å². The Morgan fingerprint density at radius 1 is 1.08 bits per heavy atom. The zero-order valence-corrected chi connectivity index (χ0v) is 14.6. The van der Waals surface area contributed by atoms with Crippen LogP contribution in [-0.2, 0) is 28.9 Å². The van der Waals surface area contributed by atoms with Gasteiger partial charge in [-0.15, -0.1) is 0 Å². The molecule has 0 bridgehead atoms. The van der Waals surface area contributed by atoms with Gasteiger partial charge in [-0.2, -0.15) is 0 Å². The number of hydrogen-bond donors (Lipinski definition) is 1. The molecule has 1 aliphatic rings. The van der Waals surface area contributed by atoms with Gasteiger partial charge in [0.15, 0.2) is 0 Å². The van der Waals surface area contributed by atoms with E-state index < -0.39 is 0 Å². The average Bonchev–Trinajstić information content (AvgIpc) is 2.96. The molecule has 0 radical (unpaired) electrons. The third kappa shape index (κ3) is 4.27. The third-order valence-corrected chi connectivity index (χ3v) is 4.65. The number of carbonyl (C=O) groups excluding carboxylic acids is 2. The molecule has 1 heterocycles. The van der Waals surface area contributed by atoms with E-state index in [2.05, 4.69) is 36.5 Å². The summed E-state index contributed by atoms with van der Waals surface area (Å²) in [5, 5.41) is 2.92. The van der Waals surface area contributed by atoms with Crippen LogP contribution in [0.4, 0.5) is 5.69 Å². The largest absolute Gasteiger partial charge is 0.354 e. The molecular weight excluding hydrogens is 312 g/mol. The second kappa shape index (κ2) is 7.97. The van der Waals surface area contributed by atoms with Crippen LogP contribution in [-0.4, -0.2) is 24.9 Å². The normalized spacial score (nSPS) is 13.0. The van der Waals surface area contributed by atoms with Gasteiger partial charge in [0.2, 0.25) is 11.8 Å². The number of carbonyl (C=O) groups is 2. The number of para-hydroxylation sites is 1. The predicted molar refractivity (Wildman–Crippen MR) is 99.6 cm³/mol. The number of aryl methyl sites for hydroxylation is 2. The molecule has 0 atom stereocenters. The molecule has 2 aromatic carbocycles. The number of nitrogens with zero attached hydrogens (tertiary/aromatic N) is 1. The highest BCUT2D eigenvalue weighted by Gasteiger charge is 2.26. The SMILES string of the molecule is CCc1ccc(CCC(=O)NCCN2C(=O)Cc3ccccc32)cc1. The first-order valence-electron chi connectivity index (χ1n) is 8.90. The number of anilines is 1. The van der Waals surface area contributed by atoms with Crippen LogP contribution in [0, 0.1) is 0 Å². The maximum atomic E-state index is 12.1. The Morgan fingerprint density at radius 3 is 2.56 bits per heavy atom. The van der Waals surface area contributed by atoms with Gasteiger partial charge in [0.25, 0.3) is 0 Å². The van der Waals surface area contributed by atoms with Crippen molar-refractivity contribution in [2.24, 2.45) is 0 Å². The molecule has 0 spiro atoms. The molecule has 0 unspecified atom stereocenters. The van der Waals surface area contributed by atoms with Gasteiger partial charge in [-0.25, -0.2) is 0 Å². The Balaban J connectivity index is 1.43. The van der Waals surface area contributed by atoms with Crippen molar-refractivity contribution in [3.63, 3.8) is 0 Å². The van der Waals surface area contributed by atoms with Crippen LogP contribution in [0.15, 0.2) is 48.5 Å². The van der Waals surface area contributed by atoms with Gasteiger partial charge in [0.05, 0.1) is 6.42 Å². The maximum absolute atomic E-state index is 12.1. The minimum atomic E-state index is 0.0273. The van der Waals surface area contributed by atoms with E-state index in [-0.39, 0.29) is 11.8 Å². The van der Waals surface area contributed by atoms with Crippen molar-refractivity contribution in [2.75, 3.05) is 18.0 Å². The first-order valence-corrected chi connectivity index (χ1v) is 8.90. The molecule has 0 fully saturated rings. The second-order valence-corrected chi connectivity index (χ2v) is 6.37. The Morgan fingerprint density at radius 2 is 1.80 bits per heavy atom. The summed E-state index contributed by atoms with van der Waals surface area (Å²) in [6, 6.07) is 16.2. The molecule has 0 aromatic heterocycles. The lowest BCUT2D eigenvalue weighted by molar-refractivity contribution is -0.121. The minimum Gasteiger partial charge on any atom is -0.354 e. The smallest absolute Gasteiger partial charge is 0.231 e. The fourth-order valence-corrected chi connectivity index (χ4v) is 3.16. The Kier molecular flexibility index (Phi) is 5.49. The Hall–Kier alpha value is -2.62. The van der Waals surface area contributed by atoms with E-state index in [9.17, 15) is 9.59 Å². The van der Waals surface area contributed by atoms with Crippen molar-refractivity contribution in [1.82, 2.24) is 5.32 Å². The molecular formula is C21H24N2O2. The number of rotatable bonds is 7. The van der Waals surface area contributed by atoms with E-state index in [0.29, 0.717) is 25.9 Å².